The van der Waals surface area contributed by atoms with Crippen molar-refractivity contribution >= 4 is 142 Å². The second-order valence-electron chi connectivity index (χ2n) is 31.9. The largest absolute Gasteiger partial charge is 1.00 e. The standard InChI is InChI=1S/C24H26N2O3.C16H20N2O.C15H18ClNO3.C15H19NO4.C9H9N.C8H7ClO2.C8H14O2.C2Cl2O2.ClH/c1-17-7-8-22-20(13-17)21(15-25-22)23(27)14-18-9-11-26(12-10-18)24(28)29-16-19-5-3-2-4-6-19;1-11-2-3-15-13(8-11)14(10-18-15)16(19)9-12-4-6-17-7-5-12;16-14(18)10-12-6-8-17(9-7-12)15(19)20-11-13-4-2-1-3-5-13;17-14(18)10-12-6-8-16(9-7-12)15(19)20-11-13-4-2-1-3-5-13;1-7-2-3-9-8(6-7)4-5-10-9;9-8(10)11-6-7-4-2-1-3-5-7;9-8(10)6-7-4-2-1-3-5-7;3-1(5)2(4)6;/h2-8,13,15,18,25H,9-12,14,16H2,1H3;2-3,8,10,12,17-18H,4-7,9H2,1H3;1-5,12H,6-11H2;1-5,12H,6-11H2,(H,17,18);2-6,10H,1H3;1-5H,6H2;7H,1-6H2,(H,9,10);;1H. The molecule has 5 aliphatic rings. The Morgan fingerprint density at radius 1 is 0.373 bits per heavy atom. The van der Waals surface area contributed by atoms with Crippen LogP contribution in [-0.2, 0) is 69.3 Å². The number of carbonyl (C=O) groups is 11. The number of nitrogens with zero attached hydrogens (tertiary/aromatic N) is 3. The molecule has 0 atom stereocenters. The summed E-state index contributed by atoms with van der Waals surface area (Å²) in [6.07, 6.45) is 20.1. The van der Waals surface area contributed by atoms with Gasteiger partial charge in [0.25, 0.3) is 0 Å². The van der Waals surface area contributed by atoms with Crippen molar-refractivity contribution in [1.82, 2.24) is 29.7 Å². The first-order valence-electron chi connectivity index (χ1n) is 42.5. The Hall–Kier alpha value is -10.9. The lowest BCUT2D eigenvalue weighted by Gasteiger charge is -2.31. The van der Waals surface area contributed by atoms with Gasteiger partial charge in [-0.2, -0.15) is 0 Å². The smallest absolute Gasteiger partial charge is 0.410 e. The van der Waals surface area contributed by atoms with Crippen molar-refractivity contribution in [2.24, 2.45) is 29.6 Å². The van der Waals surface area contributed by atoms with E-state index in [1.807, 2.05) is 159 Å². The van der Waals surface area contributed by atoms with Crippen LogP contribution in [0.3, 0.4) is 0 Å². The van der Waals surface area contributed by atoms with E-state index < -0.39 is 27.9 Å². The molecule has 5 fully saturated rings. The predicted molar refractivity (Wildman–Crippen MR) is 485 cm³/mol. The lowest BCUT2D eigenvalue weighted by Crippen LogP contribution is -3.00. The number of hydrogen-bond donors (Lipinski definition) is 6. The molecule has 674 valence electrons. The molecular weight excluding hydrogens is 1710 g/mol. The Morgan fingerprint density at radius 3 is 1.05 bits per heavy atom. The van der Waals surface area contributed by atoms with E-state index in [2.05, 4.69) is 111 Å². The number of Topliss-reactive ketones (excluding diaryl/α,β-unsaturated/α-hetero) is 2. The summed E-state index contributed by atoms with van der Waals surface area (Å²) < 4.78 is 20.5. The quantitative estimate of drug-likeness (QED) is 0.0168. The molecule has 3 aromatic heterocycles. The monoisotopic (exact) mass is 1820 g/mol. The highest BCUT2D eigenvalue weighted by Gasteiger charge is 2.30. The van der Waals surface area contributed by atoms with E-state index in [1.54, 1.807) is 14.7 Å². The van der Waals surface area contributed by atoms with Gasteiger partial charge in [0.15, 0.2) is 11.6 Å². The molecular formula is C97H114Cl5N7O17. The van der Waals surface area contributed by atoms with E-state index in [9.17, 15) is 52.7 Å². The number of carbonyl (C=O) groups excluding carboxylic acids is 9. The summed E-state index contributed by atoms with van der Waals surface area (Å²) in [6, 6.07) is 59.0. The second-order valence-corrected chi connectivity index (χ2v) is 33.3. The molecule has 0 radical (unpaired) electrons. The normalized spacial score (nSPS) is 14.7. The summed E-state index contributed by atoms with van der Waals surface area (Å²) in [7, 11) is 0. The van der Waals surface area contributed by atoms with E-state index in [-0.39, 0.29) is 79.8 Å². The van der Waals surface area contributed by atoms with Crippen molar-refractivity contribution in [1.29, 1.82) is 0 Å². The van der Waals surface area contributed by atoms with Crippen molar-refractivity contribution < 1.29 is 99.6 Å². The molecule has 4 saturated heterocycles. The van der Waals surface area contributed by atoms with Gasteiger partial charge in [0.05, 0.1) is 13.1 Å². The Bertz CT molecular complexity index is 4960. The maximum absolute atomic E-state index is 12.8. The molecule has 1 saturated carbocycles. The number of aromatic amines is 3. The first-order chi connectivity index (χ1) is 60.2. The number of carboxylic acids is 2. The topological polar surface area (TPSA) is 339 Å². The number of benzene rings is 7. The van der Waals surface area contributed by atoms with Gasteiger partial charge in [-0.3, -0.25) is 33.6 Å². The number of piperidine rings is 4. The van der Waals surface area contributed by atoms with Crippen LogP contribution in [-0.4, -0.2) is 155 Å². The van der Waals surface area contributed by atoms with Crippen molar-refractivity contribution in [3.05, 3.63) is 251 Å². The van der Waals surface area contributed by atoms with Crippen LogP contribution in [0.1, 0.15) is 175 Å². The van der Waals surface area contributed by atoms with E-state index in [4.69, 9.17) is 47.6 Å². The van der Waals surface area contributed by atoms with E-state index in [0.717, 1.165) is 112 Å². The molecule has 0 unspecified atom stereocenters. The molecule has 24 nitrogen and oxygen atoms in total. The van der Waals surface area contributed by atoms with Gasteiger partial charge in [0, 0.05) is 140 Å². The SMILES string of the molecule is Cc1ccc2[nH]cc(C(=O)CC3CCN(C(=O)OCc4ccccc4)CC3)c2c1.Cc1ccc2[nH]cc(C(=O)CC3CC[NH2+]CC3)c2c1.Cc1ccc2[nH]ccc2c1.O=C(Cl)C(=O)Cl.O=C(Cl)CC1CCN(C(=O)OCc2ccccc2)CC1.O=C(Cl)OCc1ccccc1.O=C(O)CC1CCCCC1.O=C(O)CC1CCN(C(=O)OCc2ccccc2)CC1.[Cl-]. The van der Waals surface area contributed by atoms with Crippen LogP contribution >= 0.6 is 46.4 Å². The maximum Gasteiger partial charge on any atom is 0.410 e. The number of H-pyrrole nitrogens is 3. The number of amides is 3. The fourth-order valence-electron chi connectivity index (χ4n) is 15.3. The zero-order valence-electron chi connectivity index (χ0n) is 71.5. The first-order valence-corrected chi connectivity index (χ1v) is 44.0. The van der Waals surface area contributed by atoms with Crippen LogP contribution in [0.25, 0.3) is 32.7 Å². The molecule has 0 bridgehead atoms. The molecule has 7 aromatic carbocycles. The van der Waals surface area contributed by atoms with Gasteiger partial charge in [-0.05, 0) is 219 Å². The van der Waals surface area contributed by atoms with Crippen molar-refractivity contribution in [3.8, 4) is 0 Å². The number of aliphatic carboxylic acids is 2. The lowest BCUT2D eigenvalue weighted by molar-refractivity contribution is -0.664. The number of aromatic nitrogens is 3. The van der Waals surface area contributed by atoms with Crippen LogP contribution in [0.2, 0.25) is 0 Å². The highest BCUT2D eigenvalue weighted by molar-refractivity contribution is 6.97. The van der Waals surface area contributed by atoms with E-state index in [1.165, 1.54) is 67.2 Å². The number of ketones is 2. The number of likely N-dealkylation sites (tertiary alicyclic amines) is 3. The van der Waals surface area contributed by atoms with Gasteiger partial charge in [0.1, 0.15) is 26.4 Å². The Morgan fingerprint density at radius 2 is 0.698 bits per heavy atom. The summed E-state index contributed by atoms with van der Waals surface area (Å²) in [5, 5.41) is 20.3. The molecule has 126 heavy (non-hydrogen) atoms. The third-order valence-electron chi connectivity index (χ3n) is 22.2. The minimum Gasteiger partial charge on any atom is -1.00 e. The third kappa shape index (κ3) is 37.7. The lowest BCUT2D eigenvalue weighted by atomic mass is 9.87. The van der Waals surface area contributed by atoms with E-state index >= 15 is 0 Å². The molecule has 1 aliphatic carbocycles. The van der Waals surface area contributed by atoms with Crippen LogP contribution in [0, 0.1) is 50.4 Å². The Kier molecular flexibility index (Phi) is 45.1. The second kappa shape index (κ2) is 55.6. The highest BCUT2D eigenvalue weighted by atomic mass is 35.5. The molecule has 0 spiro atoms. The van der Waals surface area contributed by atoms with Gasteiger partial charge in [-0.15, -0.1) is 0 Å². The van der Waals surface area contributed by atoms with Gasteiger partial charge < -0.3 is 76.5 Å². The number of hydrogen-bond acceptors (Lipinski definition) is 15. The number of carboxylic acid groups (broad SMARTS) is 2. The number of aryl methyl sites for hydroxylation is 3. The van der Waals surface area contributed by atoms with E-state index in [0.29, 0.717) is 95.1 Å². The number of nitrogens with two attached hydrogens (primary N) is 1. The number of ether oxygens (including phenoxy) is 4. The summed E-state index contributed by atoms with van der Waals surface area (Å²) >= 11 is 19.3. The Balaban J connectivity index is 0.000000205. The summed E-state index contributed by atoms with van der Waals surface area (Å²) in [5.74, 6) is 0.885. The van der Waals surface area contributed by atoms with Gasteiger partial charge >= 0.3 is 46.1 Å². The van der Waals surface area contributed by atoms with Crippen molar-refractivity contribution in [2.45, 2.75) is 163 Å². The number of quaternary nitrogens is 1. The van der Waals surface area contributed by atoms with Gasteiger partial charge in [0.2, 0.25) is 5.24 Å². The minimum absolute atomic E-state index is 0. The van der Waals surface area contributed by atoms with Crippen LogP contribution in [0.5, 0.6) is 0 Å². The predicted octanol–water partition coefficient (Wildman–Crippen LogP) is 17.4. The number of halogens is 5. The number of fused-ring (bicyclic) bond motifs is 3. The van der Waals surface area contributed by atoms with Crippen LogP contribution in [0.15, 0.2) is 201 Å². The van der Waals surface area contributed by atoms with Crippen LogP contribution < -0.4 is 17.7 Å². The molecule has 7 N–H and O–H groups in total. The molecule has 3 amide bonds. The minimum atomic E-state index is -1.14. The molecule has 7 heterocycles. The summed E-state index contributed by atoms with van der Waals surface area (Å²) in [5.41, 5.74) is 11.7. The highest BCUT2D eigenvalue weighted by Crippen LogP contribution is 2.31. The molecule has 4 aliphatic heterocycles. The fourth-order valence-corrected chi connectivity index (χ4v) is 15.5. The van der Waals surface area contributed by atoms with Gasteiger partial charge in [-0.25, -0.2) is 19.2 Å². The van der Waals surface area contributed by atoms with Crippen LogP contribution in [0.4, 0.5) is 19.2 Å². The average molecular weight is 1830 g/mol. The number of nitrogens with one attached hydrogen (secondary N) is 3. The first kappa shape index (κ1) is 102. The molecule has 10 aromatic rings. The van der Waals surface area contributed by atoms with Gasteiger partial charge in [-0.1, -0.05) is 175 Å². The zero-order chi connectivity index (χ0) is 89.8. The van der Waals surface area contributed by atoms with Crippen molar-refractivity contribution in [2.75, 3.05) is 52.4 Å². The summed E-state index contributed by atoms with van der Waals surface area (Å²) in [6.45, 7) is 13.3. The average Bonchev–Trinajstić information content (AvgIpc) is 1.67. The fraction of sp³-hybridized carbons (Fsp3) is 0.392. The zero-order valence-corrected chi connectivity index (χ0v) is 75.3. The third-order valence-corrected chi connectivity index (χ3v) is 22.9. The van der Waals surface area contributed by atoms with Crippen molar-refractivity contribution in [3.63, 3.8) is 0 Å². The molecule has 29 heteroatoms. The summed E-state index contributed by atoms with van der Waals surface area (Å²) in [4.78, 5) is 137. The number of rotatable bonds is 21. The maximum atomic E-state index is 12.8. The molecule has 15 rings (SSSR count). The Labute approximate surface area is 761 Å².